The maximum atomic E-state index is 13.4. The number of thioether (sulfide) groups is 1. The minimum Gasteiger partial charge on any atom is -0.494 e. The Morgan fingerprint density at radius 3 is 2.15 bits per heavy atom. The molecule has 0 unspecified atom stereocenters. The number of benzene rings is 3. The molecule has 0 radical (unpaired) electrons. The molecule has 0 saturated heterocycles. The van der Waals surface area contributed by atoms with Gasteiger partial charge in [-0.25, -0.2) is 4.98 Å². The number of ether oxygens (including phenoxy) is 1. The number of nitrogens with zero attached hydrogens (tertiary/aromatic N) is 3. The van der Waals surface area contributed by atoms with Crippen molar-refractivity contribution in [2.75, 3.05) is 12.5 Å². The Morgan fingerprint density at radius 2 is 1.48 bits per heavy atom. The summed E-state index contributed by atoms with van der Waals surface area (Å²) in [5.41, 5.74) is 1.72. The summed E-state index contributed by atoms with van der Waals surface area (Å²) in [6.07, 6.45) is 0. The van der Waals surface area contributed by atoms with Gasteiger partial charge in [-0.3, -0.25) is 23.9 Å². The molecule has 7 nitrogen and oxygen atoms in total. The van der Waals surface area contributed by atoms with E-state index in [2.05, 4.69) is 4.98 Å². The van der Waals surface area contributed by atoms with Gasteiger partial charge in [0.2, 0.25) is 0 Å². The van der Waals surface area contributed by atoms with Gasteiger partial charge in [-0.1, -0.05) is 36.0 Å². The van der Waals surface area contributed by atoms with Crippen LogP contribution in [0.1, 0.15) is 27.6 Å². The van der Waals surface area contributed by atoms with E-state index in [1.54, 1.807) is 66.7 Å². The second-order valence-corrected chi connectivity index (χ2v) is 8.25. The predicted molar refractivity (Wildman–Crippen MR) is 126 cm³/mol. The molecule has 0 spiro atoms. The zero-order chi connectivity index (χ0) is 22.9. The van der Waals surface area contributed by atoms with Gasteiger partial charge < -0.3 is 4.74 Å². The van der Waals surface area contributed by atoms with Crippen LogP contribution in [0.2, 0.25) is 0 Å². The fraction of sp³-hybridized carbons (Fsp3) is 0.120. The maximum Gasteiger partial charge on any atom is 0.266 e. The van der Waals surface area contributed by atoms with E-state index in [4.69, 9.17) is 4.74 Å². The summed E-state index contributed by atoms with van der Waals surface area (Å²) in [5, 5.41) is 0.871. The summed E-state index contributed by atoms with van der Waals surface area (Å²) in [4.78, 5) is 44.8. The van der Waals surface area contributed by atoms with Crippen molar-refractivity contribution in [1.29, 1.82) is 0 Å². The van der Waals surface area contributed by atoms with Gasteiger partial charge in [-0.2, -0.15) is 0 Å². The molecule has 5 rings (SSSR count). The highest BCUT2D eigenvalue weighted by atomic mass is 32.2. The molecule has 1 aliphatic rings. The van der Waals surface area contributed by atoms with Gasteiger partial charge in [-0.15, -0.1) is 0 Å². The van der Waals surface area contributed by atoms with Gasteiger partial charge in [-0.05, 0) is 55.5 Å². The zero-order valence-corrected chi connectivity index (χ0v) is 18.5. The number of rotatable bonds is 6. The largest absolute Gasteiger partial charge is 0.494 e. The molecule has 33 heavy (non-hydrogen) atoms. The Kier molecular flexibility index (Phi) is 5.43. The number of fused-ring (bicyclic) bond motifs is 2. The fourth-order valence-electron chi connectivity index (χ4n) is 3.77. The first-order valence-corrected chi connectivity index (χ1v) is 11.4. The summed E-state index contributed by atoms with van der Waals surface area (Å²) in [6, 6.07) is 21.0. The normalized spacial score (nSPS) is 12.9. The average Bonchev–Trinajstić information content (AvgIpc) is 3.08. The Balaban J connectivity index is 1.54. The number of imide groups is 1. The lowest BCUT2D eigenvalue weighted by Gasteiger charge is -2.17. The van der Waals surface area contributed by atoms with Crippen molar-refractivity contribution in [3.63, 3.8) is 0 Å². The molecule has 0 atom stereocenters. The van der Waals surface area contributed by atoms with E-state index in [1.165, 1.54) is 21.2 Å². The molecular formula is C25H19N3O4S. The second-order valence-electron chi connectivity index (χ2n) is 7.34. The quantitative estimate of drug-likeness (QED) is 0.246. The van der Waals surface area contributed by atoms with E-state index < -0.39 is 0 Å². The number of para-hydroxylation sites is 1. The molecule has 1 aromatic heterocycles. The lowest BCUT2D eigenvalue weighted by Crippen LogP contribution is -2.30. The maximum absolute atomic E-state index is 13.4. The summed E-state index contributed by atoms with van der Waals surface area (Å²) in [5.74, 6) is 0.0368. The van der Waals surface area contributed by atoms with Crippen molar-refractivity contribution in [3.8, 4) is 11.4 Å². The summed E-state index contributed by atoms with van der Waals surface area (Å²) in [7, 11) is 0. The second kappa shape index (κ2) is 8.55. The zero-order valence-electron chi connectivity index (χ0n) is 17.7. The van der Waals surface area contributed by atoms with E-state index in [9.17, 15) is 14.4 Å². The number of amides is 2. The Labute approximate surface area is 193 Å². The lowest BCUT2D eigenvalue weighted by molar-refractivity contribution is 0.0684. The highest BCUT2D eigenvalue weighted by molar-refractivity contribution is 7.99. The van der Waals surface area contributed by atoms with E-state index in [0.717, 1.165) is 0 Å². The molecule has 2 amide bonds. The van der Waals surface area contributed by atoms with Crippen molar-refractivity contribution >= 4 is 34.5 Å². The highest BCUT2D eigenvalue weighted by Crippen LogP contribution is 2.28. The minimum atomic E-state index is -0.348. The molecule has 0 bridgehead atoms. The standard InChI is InChI=1S/C25H19N3O4S/c1-2-32-17-13-11-16(12-14-17)28-24(31)20-9-5-6-10-21(20)26-25(28)33-15-27-22(29)18-7-3-4-8-19(18)23(27)30/h3-14H,2,15H2,1H3. The number of hydrogen-bond acceptors (Lipinski definition) is 6. The molecule has 8 heteroatoms. The van der Waals surface area contributed by atoms with E-state index in [1.807, 2.05) is 13.0 Å². The third kappa shape index (κ3) is 3.68. The minimum absolute atomic E-state index is 0.0359. The smallest absolute Gasteiger partial charge is 0.266 e. The van der Waals surface area contributed by atoms with E-state index in [0.29, 0.717) is 45.2 Å². The number of carbonyl (C=O) groups is 2. The van der Waals surface area contributed by atoms with Crippen LogP contribution in [-0.4, -0.2) is 38.7 Å². The number of carbonyl (C=O) groups excluding carboxylic acids is 2. The van der Waals surface area contributed by atoms with Gasteiger partial charge in [0.05, 0.1) is 40.2 Å². The van der Waals surface area contributed by atoms with Crippen LogP contribution in [-0.2, 0) is 0 Å². The van der Waals surface area contributed by atoms with Crippen molar-refractivity contribution in [2.45, 2.75) is 12.1 Å². The van der Waals surface area contributed by atoms with Crippen LogP contribution in [0.5, 0.6) is 5.75 Å². The van der Waals surface area contributed by atoms with E-state index in [-0.39, 0.29) is 23.3 Å². The number of hydrogen-bond donors (Lipinski definition) is 0. The van der Waals surface area contributed by atoms with Crippen LogP contribution in [0, 0.1) is 0 Å². The van der Waals surface area contributed by atoms with Crippen LogP contribution >= 0.6 is 11.8 Å². The summed E-state index contributed by atoms with van der Waals surface area (Å²) in [6.45, 7) is 2.44. The van der Waals surface area contributed by atoms with Gasteiger partial charge in [0.15, 0.2) is 5.16 Å². The molecular weight excluding hydrogens is 438 g/mol. The van der Waals surface area contributed by atoms with Gasteiger partial charge in [0, 0.05) is 0 Å². The molecule has 0 aliphatic carbocycles. The Morgan fingerprint density at radius 1 is 0.848 bits per heavy atom. The van der Waals surface area contributed by atoms with Crippen LogP contribution in [0.3, 0.4) is 0 Å². The van der Waals surface area contributed by atoms with Crippen molar-refractivity contribution in [1.82, 2.24) is 14.5 Å². The van der Waals surface area contributed by atoms with Gasteiger partial charge in [0.1, 0.15) is 5.75 Å². The molecule has 4 aromatic rings. The van der Waals surface area contributed by atoms with Gasteiger partial charge in [0.25, 0.3) is 17.4 Å². The van der Waals surface area contributed by atoms with Crippen LogP contribution < -0.4 is 10.3 Å². The van der Waals surface area contributed by atoms with Crippen LogP contribution in [0.15, 0.2) is 82.7 Å². The first-order valence-electron chi connectivity index (χ1n) is 10.4. The van der Waals surface area contributed by atoms with Crippen molar-refractivity contribution in [2.24, 2.45) is 0 Å². The Hall–Kier alpha value is -3.91. The van der Waals surface area contributed by atoms with Crippen molar-refractivity contribution in [3.05, 3.63) is 94.3 Å². The molecule has 164 valence electrons. The number of aromatic nitrogens is 2. The fourth-order valence-corrected chi connectivity index (χ4v) is 4.73. The molecule has 2 heterocycles. The molecule has 0 saturated carbocycles. The third-order valence-corrected chi connectivity index (χ3v) is 6.27. The predicted octanol–water partition coefficient (Wildman–Crippen LogP) is 4.13. The highest BCUT2D eigenvalue weighted by Gasteiger charge is 2.35. The Bertz CT molecular complexity index is 1410. The first-order chi connectivity index (χ1) is 16.1. The lowest BCUT2D eigenvalue weighted by atomic mass is 10.1. The third-order valence-electron chi connectivity index (χ3n) is 5.35. The average molecular weight is 458 g/mol. The topological polar surface area (TPSA) is 81.5 Å². The van der Waals surface area contributed by atoms with E-state index >= 15 is 0 Å². The first kappa shape index (κ1) is 21.0. The molecule has 3 aromatic carbocycles. The SMILES string of the molecule is CCOc1ccc(-n2c(SCN3C(=O)c4ccccc4C3=O)nc3ccccc3c2=O)cc1. The summed E-state index contributed by atoms with van der Waals surface area (Å²) >= 11 is 1.17. The monoisotopic (exact) mass is 457 g/mol. The molecule has 0 N–H and O–H groups in total. The van der Waals surface area contributed by atoms with Crippen molar-refractivity contribution < 1.29 is 14.3 Å². The summed E-state index contributed by atoms with van der Waals surface area (Å²) < 4.78 is 7.01. The van der Waals surface area contributed by atoms with Crippen LogP contribution in [0.25, 0.3) is 16.6 Å². The van der Waals surface area contributed by atoms with Crippen LogP contribution in [0.4, 0.5) is 0 Å². The molecule has 1 aliphatic heterocycles. The molecule has 0 fully saturated rings. The van der Waals surface area contributed by atoms with Gasteiger partial charge >= 0.3 is 0 Å².